The second-order valence-electron chi connectivity index (χ2n) is 5.56. The Morgan fingerprint density at radius 3 is 3.05 bits per heavy atom. The van der Waals surface area contributed by atoms with Crippen LogP contribution >= 0.6 is 11.8 Å². The van der Waals surface area contributed by atoms with Crippen LogP contribution in [-0.2, 0) is 4.79 Å². The zero-order valence-corrected chi connectivity index (χ0v) is 12.8. The first-order valence-electron chi connectivity index (χ1n) is 7.16. The average Bonchev–Trinajstić information content (AvgIpc) is 2.97. The van der Waals surface area contributed by atoms with Gasteiger partial charge in [-0.15, -0.1) is 0 Å². The van der Waals surface area contributed by atoms with Crippen molar-refractivity contribution in [2.45, 2.75) is 24.8 Å². The smallest absolute Gasteiger partial charge is 0.307 e. The predicted molar refractivity (Wildman–Crippen MR) is 79.2 cm³/mol. The van der Waals surface area contributed by atoms with Gasteiger partial charge in [-0.25, -0.2) is 0 Å². The quantitative estimate of drug-likeness (QED) is 0.854. The van der Waals surface area contributed by atoms with Crippen molar-refractivity contribution in [2.24, 2.45) is 5.92 Å². The molecule has 0 radical (unpaired) electrons. The van der Waals surface area contributed by atoms with Crippen LogP contribution < -0.4 is 0 Å². The Morgan fingerprint density at radius 2 is 2.29 bits per heavy atom. The van der Waals surface area contributed by atoms with Crippen LogP contribution in [0.15, 0.2) is 16.7 Å². The highest BCUT2D eigenvalue weighted by Crippen LogP contribution is 2.35. The van der Waals surface area contributed by atoms with Crippen LogP contribution in [0.5, 0.6) is 0 Å². The molecule has 0 saturated carbocycles. The van der Waals surface area contributed by atoms with Crippen molar-refractivity contribution >= 4 is 17.7 Å². The second-order valence-corrected chi connectivity index (χ2v) is 6.71. The lowest BCUT2D eigenvalue weighted by atomic mass is 9.83. The molecule has 2 aliphatic rings. The summed E-state index contributed by atoms with van der Waals surface area (Å²) in [7, 11) is 2.06. The van der Waals surface area contributed by atoms with Crippen molar-refractivity contribution < 1.29 is 14.4 Å². The van der Waals surface area contributed by atoms with Crippen LogP contribution in [0.4, 0.5) is 0 Å². The minimum Gasteiger partial charge on any atom is -0.481 e. The highest BCUT2D eigenvalue weighted by Gasteiger charge is 2.35. The number of rotatable bonds is 3. The molecule has 0 spiro atoms. The SMILES string of the molecule is CN1CCSCC1c1noc(C2CC=CCC2C(=O)O)n1. The van der Waals surface area contributed by atoms with Gasteiger partial charge in [0, 0.05) is 18.1 Å². The summed E-state index contributed by atoms with van der Waals surface area (Å²) in [5, 5.41) is 13.4. The maximum Gasteiger partial charge on any atom is 0.307 e. The molecule has 6 nitrogen and oxygen atoms in total. The zero-order valence-electron chi connectivity index (χ0n) is 11.9. The van der Waals surface area contributed by atoms with Gasteiger partial charge in [-0.05, 0) is 19.9 Å². The molecule has 3 atom stereocenters. The monoisotopic (exact) mass is 309 g/mol. The highest BCUT2D eigenvalue weighted by molar-refractivity contribution is 7.99. The van der Waals surface area contributed by atoms with E-state index in [2.05, 4.69) is 22.1 Å². The number of carbonyl (C=O) groups is 1. The number of aliphatic carboxylic acids is 1. The summed E-state index contributed by atoms with van der Waals surface area (Å²) in [6.45, 7) is 1.00. The summed E-state index contributed by atoms with van der Waals surface area (Å²) in [6, 6.07) is 0.156. The fraction of sp³-hybridized carbons (Fsp3) is 0.643. The summed E-state index contributed by atoms with van der Waals surface area (Å²) in [5.41, 5.74) is 0. The summed E-state index contributed by atoms with van der Waals surface area (Å²) in [6.07, 6.45) is 5.08. The van der Waals surface area contributed by atoms with Crippen LogP contribution in [0.2, 0.25) is 0 Å². The van der Waals surface area contributed by atoms with Crippen LogP contribution in [-0.4, -0.2) is 51.2 Å². The third-order valence-electron chi connectivity index (χ3n) is 4.22. The molecule has 2 heterocycles. The maximum absolute atomic E-state index is 11.4. The number of hydrogen-bond donors (Lipinski definition) is 1. The molecule has 1 aromatic rings. The van der Waals surface area contributed by atoms with Crippen molar-refractivity contribution in [3.63, 3.8) is 0 Å². The number of carboxylic acids is 1. The molecule has 1 aliphatic carbocycles. The lowest BCUT2D eigenvalue weighted by Crippen LogP contribution is -2.33. The van der Waals surface area contributed by atoms with Gasteiger partial charge in [0.25, 0.3) is 0 Å². The van der Waals surface area contributed by atoms with E-state index in [0.717, 1.165) is 18.1 Å². The van der Waals surface area contributed by atoms with Crippen molar-refractivity contribution in [3.05, 3.63) is 23.9 Å². The molecular weight excluding hydrogens is 290 g/mol. The van der Waals surface area contributed by atoms with Gasteiger partial charge in [0.1, 0.15) is 0 Å². The standard InChI is InChI=1S/C14H19N3O3S/c1-17-6-7-21-8-11(17)12-15-13(20-16-12)9-4-2-3-5-10(9)14(18)19/h2-3,9-11H,4-8H2,1H3,(H,18,19). The Balaban J connectivity index is 1.80. The van der Waals surface area contributed by atoms with Crippen molar-refractivity contribution in [3.8, 4) is 0 Å². The van der Waals surface area contributed by atoms with E-state index in [-0.39, 0.29) is 12.0 Å². The van der Waals surface area contributed by atoms with Crippen molar-refractivity contribution in [1.29, 1.82) is 0 Å². The Kier molecular flexibility index (Phi) is 4.30. The number of thioether (sulfide) groups is 1. The number of hydrogen-bond acceptors (Lipinski definition) is 6. The molecule has 3 rings (SSSR count). The van der Waals surface area contributed by atoms with E-state index in [1.807, 2.05) is 23.9 Å². The van der Waals surface area contributed by atoms with E-state index in [1.54, 1.807) is 0 Å². The first-order valence-corrected chi connectivity index (χ1v) is 8.31. The lowest BCUT2D eigenvalue weighted by molar-refractivity contribution is -0.142. The van der Waals surface area contributed by atoms with Gasteiger partial charge < -0.3 is 9.63 Å². The van der Waals surface area contributed by atoms with E-state index >= 15 is 0 Å². The molecule has 1 saturated heterocycles. The van der Waals surface area contributed by atoms with Gasteiger partial charge in [0.15, 0.2) is 5.82 Å². The van der Waals surface area contributed by atoms with Gasteiger partial charge in [-0.1, -0.05) is 17.3 Å². The molecule has 0 amide bonds. The Hall–Kier alpha value is -1.34. The van der Waals surface area contributed by atoms with Gasteiger partial charge in [-0.3, -0.25) is 9.69 Å². The molecule has 7 heteroatoms. The summed E-state index contributed by atoms with van der Waals surface area (Å²) >= 11 is 1.88. The molecule has 1 N–H and O–H groups in total. The average molecular weight is 309 g/mol. The van der Waals surface area contributed by atoms with E-state index in [0.29, 0.717) is 24.6 Å². The van der Waals surface area contributed by atoms with Crippen LogP contribution in [0.25, 0.3) is 0 Å². The minimum absolute atomic E-state index is 0.156. The molecule has 1 aromatic heterocycles. The normalized spacial score (nSPS) is 30.4. The minimum atomic E-state index is -0.797. The van der Waals surface area contributed by atoms with E-state index < -0.39 is 11.9 Å². The first kappa shape index (κ1) is 14.6. The molecule has 1 fully saturated rings. The topological polar surface area (TPSA) is 79.5 Å². The van der Waals surface area contributed by atoms with Crippen molar-refractivity contribution in [2.75, 3.05) is 25.1 Å². The summed E-state index contributed by atoms with van der Waals surface area (Å²) in [5.74, 6) is 1.73. The second kappa shape index (κ2) is 6.19. The van der Waals surface area contributed by atoms with Gasteiger partial charge in [0.2, 0.25) is 5.89 Å². The molecule has 0 bridgehead atoms. The molecule has 21 heavy (non-hydrogen) atoms. The fourth-order valence-electron chi connectivity index (χ4n) is 2.85. The zero-order chi connectivity index (χ0) is 14.8. The van der Waals surface area contributed by atoms with Crippen LogP contribution in [0.1, 0.15) is 36.5 Å². The molecule has 114 valence electrons. The van der Waals surface area contributed by atoms with Gasteiger partial charge >= 0.3 is 5.97 Å². The highest BCUT2D eigenvalue weighted by atomic mass is 32.2. The van der Waals surface area contributed by atoms with Gasteiger partial charge in [-0.2, -0.15) is 16.7 Å². The molecule has 3 unspecified atom stereocenters. The van der Waals surface area contributed by atoms with E-state index in [4.69, 9.17) is 4.52 Å². The lowest BCUT2D eigenvalue weighted by Gasteiger charge is -2.29. The third kappa shape index (κ3) is 2.98. The number of nitrogens with zero attached hydrogens (tertiary/aromatic N) is 3. The molecular formula is C14H19N3O3S. The Morgan fingerprint density at radius 1 is 1.48 bits per heavy atom. The number of carboxylic acid groups (broad SMARTS) is 1. The fourth-order valence-corrected chi connectivity index (χ4v) is 4.06. The first-order chi connectivity index (χ1) is 10.2. The van der Waals surface area contributed by atoms with Crippen LogP contribution in [0.3, 0.4) is 0 Å². The van der Waals surface area contributed by atoms with Gasteiger partial charge in [0.05, 0.1) is 17.9 Å². The molecule has 1 aliphatic heterocycles. The predicted octanol–water partition coefficient (Wildman–Crippen LogP) is 1.92. The largest absolute Gasteiger partial charge is 0.481 e. The third-order valence-corrected chi connectivity index (χ3v) is 5.24. The maximum atomic E-state index is 11.4. The van der Waals surface area contributed by atoms with E-state index in [1.165, 1.54) is 0 Å². The Bertz CT molecular complexity index is 545. The van der Waals surface area contributed by atoms with E-state index in [9.17, 15) is 9.90 Å². The summed E-state index contributed by atoms with van der Waals surface area (Å²) in [4.78, 5) is 18.1. The number of allylic oxidation sites excluding steroid dienone is 2. The molecule has 0 aromatic carbocycles. The van der Waals surface area contributed by atoms with Crippen LogP contribution in [0, 0.1) is 5.92 Å². The number of aromatic nitrogens is 2. The van der Waals surface area contributed by atoms with Crippen molar-refractivity contribution in [1.82, 2.24) is 15.0 Å². The Labute approximate surface area is 127 Å². The summed E-state index contributed by atoms with van der Waals surface area (Å²) < 4.78 is 5.39.